The molecule has 0 heteroatoms. The molecule has 0 unspecified atom stereocenters. The molecule has 0 bridgehead atoms. The van der Waals surface area contributed by atoms with Crippen molar-refractivity contribution in [1.29, 1.82) is 0 Å². The summed E-state index contributed by atoms with van der Waals surface area (Å²) in [5, 5.41) is 0. The van der Waals surface area contributed by atoms with E-state index in [-0.39, 0.29) is 0 Å². The lowest BCUT2D eigenvalue weighted by atomic mass is 9.79. The van der Waals surface area contributed by atoms with Crippen LogP contribution in [0.2, 0.25) is 0 Å². The minimum absolute atomic E-state index is 0.787. The van der Waals surface area contributed by atoms with Gasteiger partial charge in [0.25, 0.3) is 0 Å². The van der Waals surface area contributed by atoms with Crippen molar-refractivity contribution in [2.75, 3.05) is 0 Å². The van der Waals surface area contributed by atoms with Crippen LogP contribution in [0.25, 0.3) is 11.1 Å². The first-order valence-corrected chi connectivity index (χ1v) is 11.8. The molecule has 0 atom stereocenters. The van der Waals surface area contributed by atoms with Gasteiger partial charge in [-0.3, -0.25) is 0 Å². The van der Waals surface area contributed by atoms with E-state index in [1.807, 2.05) is 0 Å². The van der Waals surface area contributed by atoms with Crippen molar-refractivity contribution in [1.82, 2.24) is 0 Å². The van der Waals surface area contributed by atoms with Crippen molar-refractivity contribution in [2.24, 2.45) is 5.92 Å². The van der Waals surface area contributed by atoms with E-state index < -0.39 is 0 Å². The van der Waals surface area contributed by atoms with Gasteiger partial charge in [0.05, 0.1) is 0 Å². The first-order chi connectivity index (χ1) is 14.5. The SMILES string of the molecule is Cc1ccc(-c2c(C)cc(CCc3ccc(C4CCC(C)CC4)cc3)cc2C)cc1. The van der Waals surface area contributed by atoms with Crippen LogP contribution < -0.4 is 0 Å². The fourth-order valence-corrected chi connectivity index (χ4v) is 5.21. The molecular formula is C30H36. The molecule has 0 N–H and O–H groups in total. The lowest BCUT2D eigenvalue weighted by Crippen LogP contribution is -2.10. The van der Waals surface area contributed by atoms with Crippen molar-refractivity contribution < 1.29 is 0 Å². The largest absolute Gasteiger partial charge is 0.0625 e. The van der Waals surface area contributed by atoms with Gasteiger partial charge in [0.15, 0.2) is 0 Å². The average molecular weight is 397 g/mol. The quantitative estimate of drug-likeness (QED) is 0.406. The third-order valence-corrected chi connectivity index (χ3v) is 7.10. The fraction of sp³-hybridized carbons (Fsp3) is 0.400. The number of hydrogen-bond donors (Lipinski definition) is 0. The maximum Gasteiger partial charge on any atom is -0.0125 e. The molecule has 1 aliphatic rings. The van der Waals surface area contributed by atoms with Gasteiger partial charge in [0.2, 0.25) is 0 Å². The van der Waals surface area contributed by atoms with Crippen molar-refractivity contribution in [3.63, 3.8) is 0 Å². The van der Waals surface area contributed by atoms with Gasteiger partial charge >= 0.3 is 0 Å². The Labute approximate surface area is 183 Å². The zero-order chi connectivity index (χ0) is 21.1. The van der Waals surface area contributed by atoms with Crippen LogP contribution in [0.1, 0.15) is 71.9 Å². The summed E-state index contributed by atoms with van der Waals surface area (Å²) in [5.74, 6) is 1.71. The van der Waals surface area contributed by atoms with Crippen molar-refractivity contribution >= 4 is 0 Å². The highest BCUT2D eigenvalue weighted by Crippen LogP contribution is 2.35. The summed E-state index contributed by atoms with van der Waals surface area (Å²) in [7, 11) is 0. The van der Waals surface area contributed by atoms with Crippen molar-refractivity contribution in [3.8, 4) is 11.1 Å². The summed E-state index contributed by atoms with van der Waals surface area (Å²) in [6, 6.07) is 23.2. The van der Waals surface area contributed by atoms with E-state index in [1.165, 1.54) is 64.6 Å². The smallest absolute Gasteiger partial charge is 0.0125 e. The Kier molecular flexibility index (Phi) is 6.42. The zero-order valence-electron chi connectivity index (χ0n) is 19.2. The minimum Gasteiger partial charge on any atom is -0.0625 e. The van der Waals surface area contributed by atoms with Gasteiger partial charge in [0.1, 0.15) is 0 Å². The van der Waals surface area contributed by atoms with E-state index in [1.54, 1.807) is 5.56 Å². The molecule has 4 rings (SSSR count). The highest BCUT2D eigenvalue weighted by Gasteiger charge is 2.19. The highest BCUT2D eigenvalue weighted by molar-refractivity contribution is 5.71. The molecule has 0 aliphatic heterocycles. The van der Waals surface area contributed by atoms with Crippen molar-refractivity contribution in [3.05, 3.63) is 94.0 Å². The molecule has 0 aromatic heterocycles. The van der Waals surface area contributed by atoms with E-state index in [0.717, 1.165) is 24.7 Å². The average Bonchev–Trinajstić information content (AvgIpc) is 2.74. The number of hydrogen-bond acceptors (Lipinski definition) is 0. The molecule has 0 nitrogen and oxygen atoms in total. The van der Waals surface area contributed by atoms with Crippen LogP contribution in [0.4, 0.5) is 0 Å². The molecule has 0 amide bonds. The normalized spacial score (nSPS) is 19.1. The third kappa shape index (κ3) is 4.86. The van der Waals surface area contributed by atoms with Gasteiger partial charge < -0.3 is 0 Å². The predicted octanol–water partition coefficient (Wildman–Crippen LogP) is 8.36. The maximum absolute atomic E-state index is 2.40. The molecular weight excluding hydrogens is 360 g/mol. The number of benzene rings is 3. The van der Waals surface area contributed by atoms with Gasteiger partial charge in [0, 0.05) is 0 Å². The maximum atomic E-state index is 2.40. The Bertz CT molecular complexity index is 945. The molecule has 0 saturated heterocycles. The topological polar surface area (TPSA) is 0 Å². The second-order valence-electron chi connectivity index (χ2n) is 9.67. The third-order valence-electron chi connectivity index (χ3n) is 7.10. The van der Waals surface area contributed by atoms with Gasteiger partial charge in [-0.15, -0.1) is 0 Å². The molecule has 1 saturated carbocycles. The van der Waals surface area contributed by atoms with Gasteiger partial charge in [-0.25, -0.2) is 0 Å². The first-order valence-electron chi connectivity index (χ1n) is 11.8. The second kappa shape index (κ2) is 9.21. The molecule has 30 heavy (non-hydrogen) atoms. The van der Waals surface area contributed by atoms with Crippen LogP contribution in [0.5, 0.6) is 0 Å². The van der Waals surface area contributed by atoms with E-state index >= 15 is 0 Å². The molecule has 0 heterocycles. The Morgan fingerprint density at radius 1 is 0.667 bits per heavy atom. The Morgan fingerprint density at radius 3 is 1.83 bits per heavy atom. The Balaban J connectivity index is 1.42. The number of rotatable bonds is 5. The van der Waals surface area contributed by atoms with E-state index in [9.17, 15) is 0 Å². The van der Waals surface area contributed by atoms with Gasteiger partial charge in [-0.1, -0.05) is 86.0 Å². The van der Waals surface area contributed by atoms with Crippen LogP contribution >= 0.6 is 0 Å². The van der Waals surface area contributed by atoms with Crippen LogP contribution in [0.15, 0.2) is 60.7 Å². The zero-order valence-corrected chi connectivity index (χ0v) is 19.2. The van der Waals surface area contributed by atoms with Gasteiger partial charge in [-0.05, 0) is 97.2 Å². The summed E-state index contributed by atoms with van der Waals surface area (Å²) < 4.78 is 0. The Morgan fingerprint density at radius 2 is 1.23 bits per heavy atom. The lowest BCUT2D eigenvalue weighted by molar-refractivity contribution is 0.348. The summed E-state index contributed by atoms with van der Waals surface area (Å²) in [5.41, 5.74) is 11.3. The molecule has 1 fully saturated rings. The highest BCUT2D eigenvalue weighted by atomic mass is 14.2. The fourth-order valence-electron chi connectivity index (χ4n) is 5.21. The van der Waals surface area contributed by atoms with Crippen LogP contribution in [-0.2, 0) is 12.8 Å². The summed E-state index contributed by atoms with van der Waals surface area (Å²) in [6.07, 6.45) is 7.74. The van der Waals surface area contributed by atoms with Crippen molar-refractivity contribution in [2.45, 2.75) is 72.1 Å². The summed E-state index contributed by atoms with van der Waals surface area (Å²) in [4.78, 5) is 0. The molecule has 0 radical (unpaired) electrons. The monoisotopic (exact) mass is 396 g/mol. The molecule has 156 valence electrons. The molecule has 1 aliphatic carbocycles. The predicted molar refractivity (Wildman–Crippen MR) is 130 cm³/mol. The minimum atomic E-state index is 0.787. The summed E-state index contributed by atoms with van der Waals surface area (Å²) >= 11 is 0. The van der Waals surface area contributed by atoms with E-state index in [4.69, 9.17) is 0 Å². The Hall–Kier alpha value is -2.34. The first kappa shape index (κ1) is 20.9. The van der Waals surface area contributed by atoms with Crippen LogP contribution in [0.3, 0.4) is 0 Å². The van der Waals surface area contributed by atoms with Gasteiger partial charge in [-0.2, -0.15) is 0 Å². The van der Waals surface area contributed by atoms with Crippen LogP contribution in [-0.4, -0.2) is 0 Å². The summed E-state index contributed by atoms with van der Waals surface area (Å²) in [6.45, 7) is 9.06. The standard InChI is InChI=1S/C30H36/c1-21-5-13-27(14-6-21)28-17-11-25(12-18-28)9-10-26-19-23(3)30(24(4)20-26)29-15-7-22(2)8-16-29/h7-8,11-12,15-21,27H,5-6,9-10,13-14H2,1-4H3. The van der Waals surface area contributed by atoms with E-state index in [2.05, 4.69) is 88.4 Å². The second-order valence-corrected chi connectivity index (χ2v) is 9.67. The molecule has 3 aromatic carbocycles. The number of aryl methyl sites for hydroxylation is 5. The molecule has 3 aromatic rings. The van der Waals surface area contributed by atoms with E-state index in [0.29, 0.717) is 0 Å². The molecule has 0 spiro atoms. The van der Waals surface area contributed by atoms with Crippen LogP contribution in [0, 0.1) is 26.7 Å². The lowest BCUT2D eigenvalue weighted by Gasteiger charge is -2.26.